The molecule has 0 aliphatic carbocycles. The smallest absolute Gasteiger partial charge is 0.337 e. The SMILES string of the molecule is Cc1ccc(NC(=O)NNC(=O)c2ccc(C(N)=O)cc2)cc1C. The molecule has 0 fully saturated rings. The van der Waals surface area contributed by atoms with Gasteiger partial charge in [0, 0.05) is 16.8 Å². The molecule has 2 aromatic carbocycles. The molecule has 0 saturated heterocycles. The van der Waals surface area contributed by atoms with E-state index < -0.39 is 17.8 Å². The lowest BCUT2D eigenvalue weighted by Gasteiger charge is -2.10. The summed E-state index contributed by atoms with van der Waals surface area (Å²) in [6, 6.07) is 10.7. The van der Waals surface area contributed by atoms with Crippen LogP contribution < -0.4 is 21.9 Å². The number of hydrogen-bond donors (Lipinski definition) is 4. The first-order valence-corrected chi connectivity index (χ1v) is 7.21. The van der Waals surface area contributed by atoms with Gasteiger partial charge in [-0.2, -0.15) is 0 Å². The first-order valence-electron chi connectivity index (χ1n) is 7.21. The Kier molecular flexibility index (Phi) is 5.16. The van der Waals surface area contributed by atoms with Crippen LogP contribution in [0.25, 0.3) is 0 Å². The summed E-state index contributed by atoms with van der Waals surface area (Å²) in [4.78, 5) is 34.7. The third kappa shape index (κ3) is 4.33. The van der Waals surface area contributed by atoms with E-state index in [1.807, 2.05) is 26.0 Å². The van der Waals surface area contributed by atoms with Crippen molar-refractivity contribution in [2.24, 2.45) is 5.73 Å². The number of urea groups is 1. The van der Waals surface area contributed by atoms with Crippen LogP contribution in [-0.2, 0) is 0 Å². The van der Waals surface area contributed by atoms with Crippen LogP contribution >= 0.6 is 0 Å². The number of nitrogens with two attached hydrogens (primary N) is 1. The molecule has 4 amide bonds. The van der Waals surface area contributed by atoms with Gasteiger partial charge in [0.15, 0.2) is 0 Å². The number of primary amides is 1. The van der Waals surface area contributed by atoms with Crippen molar-refractivity contribution >= 4 is 23.5 Å². The van der Waals surface area contributed by atoms with E-state index in [9.17, 15) is 14.4 Å². The fourth-order valence-electron chi connectivity index (χ4n) is 1.95. The van der Waals surface area contributed by atoms with Crippen molar-refractivity contribution in [2.45, 2.75) is 13.8 Å². The van der Waals surface area contributed by atoms with E-state index in [1.54, 1.807) is 6.07 Å². The van der Waals surface area contributed by atoms with Gasteiger partial charge in [0.25, 0.3) is 5.91 Å². The van der Waals surface area contributed by atoms with Gasteiger partial charge >= 0.3 is 6.03 Å². The van der Waals surface area contributed by atoms with Crippen molar-refractivity contribution in [3.63, 3.8) is 0 Å². The van der Waals surface area contributed by atoms with Gasteiger partial charge in [0.2, 0.25) is 5.91 Å². The van der Waals surface area contributed by atoms with Gasteiger partial charge in [-0.15, -0.1) is 0 Å². The van der Waals surface area contributed by atoms with Gasteiger partial charge in [0.05, 0.1) is 0 Å². The van der Waals surface area contributed by atoms with Crippen molar-refractivity contribution in [1.82, 2.24) is 10.9 Å². The van der Waals surface area contributed by atoms with E-state index in [2.05, 4.69) is 16.2 Å². The number of benzene rings is 2. The molecular weight excluding hydrogens is 308 g/mol. The molecule has 0 aromatic heterocycles. The second kappa shape index (κ2) is 7.28. The second-order valence-electron chi connectivity index (χ2n) is 5.27. The van der Waals surface area contributed by atoms with Crippen molar-refractivity contribution in [1.29, 1.82) is 0 Å². The van der Waals surface area contributed by atoms with Crippen molar-refractivity contribution in [2.75, 3.05) is 5.32 Å². The molecule has 2 rings (SSSR count). The Morgan fingerprint density at radius 3 is 2.04 bits per heavy atom. The summed E-state index contributed by atoms with van der Waals surface area (Å²) in [5.74, 6) is -1.09. The minimum atomic E-state index is -0.576. The third-order valence-electron chi connectivity index (χ3n) is 3.49. The fraction of sp³-hybridized carbons (Fsp3) is 0.118. The topological polar surface area (TPSA) is 113 Å². The van der Waals surface area contributed by atoms with E-state index in [4.69, 9.17) is 5.73 Å². The minimum Gasteiger partial charge on any atom is -0.366 e. The number of carbonyl (C=O) groups excluding carboxylic acids is 3. The van der Waals surface area contributed by atoms with Crippen LogP contribution in [0.4, 0.5) is 10.5 Å². The van der Waals surface area contributed by atoms with Crippen LogP contribution in [0, 0.1) is 13.8 Å². The predicted molar refractivity (Wildman–Crippen MR) is 90.5 cm³/mol. The van der Waals surface area contributed by atoms with E-state index >= 15 is 0 Å². The number of rotatable bonds is 3. The largest absolute Gasteiger partial charge is 0.366 e. The molecule has 5 N–H and O–H groups in total. The Balaban J connectivity index is 1.89. The van der Waals surface area contributed by atoms with Gasteiger partial charge < -0.3 is 11.1 Å². The molecule has 0 aliphatic heterocycles. The number of hydrazine groups is 1. The number of nitrogens with one attached hydrogen (secondary N) is 3. The summed E-state index contributed by atoms with van der Waals surface area (Å²) in [5.41, 5.74) is 13.0. The van der Waals surface area contributed by atoms with Gasteiger partial charge in [0.1, 0.15) is 0 Å². The molecule has 0 spiro atoms. The van der Waals surface area contributed by atoms with Crippen LogP contribution in [0.5, 0.6) is 0 Å². The Bertz CT molecular complexity index is 785. The normalized spacial score (nSPS) is 9.92. The quantitative estimate of drug-likeness (QED) is 0.646. The van der Waals surface area contributed by atoms with Crippen LogP contribution in [0.3, 0.4) is 0 Å². The lowest BCUT2D eigenvalue weighted by molar-refractivity contribution is 0.0936. The first-order chi connectivity index (χ1) is 11.4. The maximum atomic E-state index is 11.9. The lowest BCUT2D eigenvalue weighted by Crippen LogP contribution is -2.43. The van der Waals surface area contributed by atoms with E-state index in [-0.39, 0.29) is 5.56 Å². The number of amides is 4. The standard InChI is InChI=1S/C17H18N4O3/c1-10-3-8-14(9-11(10)2)19-17(24)21-20-16(23)13-6-4-12(5-7-13)15(18)22/h3-9H,1-2H3,(H2,18,22)(H,20,23)(H2,19,21,24). The van der Waals surface area contributed by atoms with Gasteiger partial charge in [-0.1, -0.05) is 6.07 Å². The Hall–Kier alpha value is -3.35. The number of hydrogen-bond acceptors (Lipinski definition) is 3. The van der Waals surface area contributed by atoms with Crippen LogP contribution in [0.2, 0.25) is 0 Å². The molecule has 7 nitrogen and oxygen atoms in total. The van der Waals surface area contributed by atoms with Crippen molar-refractivity contribution in [3.05, 3.63) is 64.7 Å². The summed E-state index contributed by atoms with van der Waals surface area (Å²) >= 11 is 0. The zero-order valence-corrected chi connectivity index (χ0v) is 13.3. The highest BCUT2D eigenvalue weighted by molar-refractivity contribution is 5.98. The molecule has 0 bridgehead atoms. The molecule has 2 aromatic rings. The minimum absolute atomic E-state index is 0.284. The zero-order chi connectivity index (χ0) is 17.7. The molecule has 0 radical (unpaired) electrons. The van der Waals surface area contributed by atoms with Crippen LogP contribution in [0.1, 0.15) is 31.8 Å². The van der Waals surface area contributed by atoms with Crippen molar-refractivity contribution < 1.29 is 14.4 Å². The van der Waals surface area contributed by atoms with E-state index in [0.717, 1.165) is 11.1 Å². The Morgan fingerprint density at radius 2 is 1.46 bits per heavy atom. The zero-order valence-electron chi connectivity index (χ0n) is 13.3. The molecule has 7 heteroatoms. The average Bonchev–Trinajstić information content (AvgIpc) is 2.56. The highest BCUT2D eigenvalue weighted by atomic mass is 16.2. The van der Waals surface area contributed by atoms with Crippen LogP contribution in [-0.4, -0.2) is 17.8 Å². The molecule has 24 heavy (non-hydrogen) atoms. The first kappa shape index (κ1) is 17.0. The highest BCUT2D eigenvalue weighted by Crippen LogP contribution is 2.13. The molecule has 0 heterocycles. The lowest BCUT2D eigenvalue weighted by atomic mass is 10.1. The summed E-state index contributed by atoms with van der Waals surface area (Å²) in [6.45, 7) is 3.92. The summed E-state index contributed by atoms with van der Waals surface area (Å²) in [5, 5.41) is 2.61. The van der Waals surface area contributed by atoms with Gasteiger partial charge in [-0.3, -0.25) is 15.0 Å². The summed E-state index contributed by atoms with van der Waals surface area (Å²) in [6.07, 6.45) is 0. The average molecular weight is 326 g/mol. The monoisotopic (exact) mass is 326 g/mol. The van der Waals surface area contributed by atoms with Crippen molar-refractivity contribution in [3.8, 4) is 0 Å². The maximum absolute atomic E-state index is 11.9. The van der Waals surface area contributed by atoms with Gasteiger partial charge in [-0.25, -0.2) is 10.2 Å². The van der Waals surface area contributed by atoms with Gasteiger partial charge in [-0.05, 0) is 61.4 Å². The Labute approximate surface area is 139 Å². The molecule has 124 valence electrons. The molecule has 0 saturated carbocycles. The number of aryl methyl sites for hydroxylation is 2. The van der Waals surface area contributed by atoms with E-state index in [0.29, 0.717) is 11.3 Å². The predicted octanol–water partition coefficient (Wildman–Crippen LogP) is 1.87. The summed E-state index contributed by atoms with van der Waals surface area (Å²) < 4.78 is 0. The third-order valence-corrected chi connectivity index (χ3v) is 3.49. The highest BCUT2D eigenvalue weighted by Gasteiger charge is 2.09. The fourth-order valence-corrected chi connectivity index (χ4v) is 1.95. The Morgan fingerprint density at radius 1 is 0.833 bits per heavy atom. The van der Waals surface area contributed by atoms with E-state index in [1.165, 1.54) is 24.3 Å². The molecular formula is C17H18N4O3. The van der Waals surface area contributed by atoms with Crippen LogP contribution in [0.15, 0.2) is 42.5 Å². The molecule has 0 atom stereocenters. The molecule has 0 unspecified atom stereocenters. The number of anilines is 1. The molecule has 0 aliphatic rings. The summed E-state index contributed by atoms with van der Waals surface area (Å²) in [7, 11) is 0. The second-order valence-corrected chi connectivity index (χ2v) is 5.27. The number of carbonyl (C=O) groups is 3. The maximum Gasteiger partial charge on any atom is 0.337 e.